The summed E-state index contributed by atoms with van der Waals surface area (Å²) in [5, 5.41) is 2.97. The average Bonchev–Trinajstić information content (AvgIpc) is 2.26. The molecule has 1 fully saturated rings. The molecule has 4 heteroatoms. The second kappa shape index (κ2) is 5.09. The second-order valence-electron chi connectivity index (χ2n) is 3.77. The molecule has 2 unspecified atom stereocenters. The Morgan fingerprint density at radius 2 is 2.12 bits per heavy atom. The van der Waals surface area contributed by atoms with Crippen molar-refractivity contribution in [1.82, 2.24) is 5.32 Å². The number of nitrogens with one attached hydrogen (secondary N) is 1. The number of ether oxygens (including phenoxy) is 2. The first-order chi connectivity index (χ1) is 7.79. The van der Waals surface area contributed by atoms with Crippen LogP contribution in [0.3, 0.4) is 0 Å². The summed E-state index contributed by atoms with van der Waals surface area (Å²) in [6.07, 6.45) is 0.679. The number of carbonyl (C=O) groups is 1. The molecule has 0 aliphatic carbocycles. The zero-order valence-electron chi connectivity index (χ0n) is 9.18. The summed E-state index contributed by atoms with van der Waals surface area (Å²) in [5.74, 6) is -0.211. The summed E-state index contributed by atoms with van der Waals surface area (Å²) in [6, 6.07) is 9.42. The normalized spacial score (nSPS) is 23.6. The molecule has 2 atom stereocenters. The predicted octanol–water partition coefficient (Wildman–Crippen LogP) is 1.06. The van der Waals surface area contributed by atoms with E-state index in [-0.39, 0.29) is 18.2 Å². The highest BCUT2D eigenvalue weighted by Gasteiger charge is 2.34. The molecule has 0 spiro atoms. The van der Waals surface area contributed by atoms with Crippen LogP contribution in [-0.2, 0) is 20.9 Å². The van der Waals surface area contributed by atoms with Crippen molar-refractivity contribution in [3.8, 4) is 0 Å². The molecular weight excluding hydrogens is 206 g/mol. The molecule has 0 saturated carbocycles. The number of hydrogen-bond donors (Lipinski definition) is 1. The van der Waals surface area contributed by atoms with Gasteiger partial charge in [0.2, 0.25) is 0 Å². The highest BCUT2D eigenvalue weighted by Crippen LogP contribution is 2.14. The molecule has 1 heterocycles. The van der Waals surface area contributed by atoms with Crippen LogP contribution in [0.2, 0.25) is 0 Å². The maximum Gasteiger partial charge on any atom is 0.323 e. The van der Waals surface area contributed by atoms with Crippen molar-refractivity contribution in [2.45, 2.75) is 25.3 Å². The lowest BCUT2D eigenvalue weighted by molar-refractivity contribution is -0.155. The fourth-order valence-corrected chi connectivity index (χ4v) is 1.57. The van der Waals surface area contributed by atoms with Crippen LogP contribution in [-0.4, -0.2) is 25.3 Å². The Hall–Kier alpha value is -1.39. The molecule has 0 bridgehead atoms. The minimum Gasteiger partial charge on any atom is -0.460 e. The molecule has 2 rings (SSSR count). The fourth-order valence-electron chi connectivity index (χ4n) is 1.57. The van der Waals surface area contributed by atoms with E-state index >= 15 is 0 Å². The van der Waals surface area contributed by atoms with Gasteiger partial charge in [-0.1, -0.05) is 30.3 Å². The van der Waals surface area contributed by atoms with Crippen molar-refractivity contribution >= 4 is 5.97 Å². The molecule has 1 aromatic rings. The van der Waals surface area contributed by atoms with Gasteiger partial charge < -0.3 is 9.47 Å². The van der Waals surface area contributed by atoms with Gasteiger partial charge in [0.05, 0.1) is 0 Å². The number of methoxy groups -OCH3 is 1. The molecule has 86 valence electrons. The van der Waals surface area contributed by atoms with E-state index in [2.05, 4.69) is 5.32 Å². The number of benzene rings is 1. The van der Waals surface area contributed by atoms with Gasteiger partial charge in [0.25, 0.3) is 0 Å². The Balaban J connectivity index is 1.73. The number of carbonyl (C=O) groups excluding carboxylic acids is 1. The quantitative estimate of drug-likeness (QED) is 0.772. The number of hydrogen-bond acceptors (Lipinski definition) is 4. The van der Waals surface area contributed by atoms with Crippen LogP contribution in [0, 0.1) is 0 Å². The van der Waals surface area contributed by atoms with Crippen molar-refractivity contribution in [2.75, 3.05) is 7.11 Å². The number of esters is 1. The van der Waals surface area contributed by atoms with Crippen LogP contribution in [0.1, 0.15) is 12.0 Å². The molecule has 1 N–H and O–H groups in total. The Kier molecular flexibility index (Phi) is 3.54. The second-order valence-corrected chi connectivity index (χ2v) is 3.77. The molecule has 1 aromatic carbocycles. The van der Waals surface area contributed by atoms with Gasteiger partial charge in [-0.3, -0.25) is 10.1 Å². The van der Waals surface area contributed by atoms with E-state index in [0.717, 1.165) is 5.56 Å². The molecule has 0 amide bonds. The lowest BCUT2D eigenvalue weighted by Gasteiger charge is -2.33. The van der Waals surface area contributed by atoms with Gasteiger partial charge in [-0.25, -0.2) is 0 Å². The van der Waals surface area contributed by atoms with Crippen molar-refractivity contribution in [3.63, 3.8) is 0 Å². The van der Waals surface area contributed by atoms with E-state index in [1.165, 1.54) is 0 Å². The van der Waals surface area contributed by atoms with Crippen LogP contribution < -0.4 is 5.32 Å². The molecule has 0 aromatic heterocycles. The molecular formula is C12H15NO3. The van der Waals surface area contributed by atoms with Gasteiger partial charge in [0.1, 0.15) is 18.9 Å². The topological polar surface area (TPSA) is 47.6 Å². The fraction of sp³-hybridized carbons (Fsp3) is 0.417. The Morgan fingerprint density at radius 3 is 2.75 bits per heavy atom. The zero-order chi connectivity index (χ0) is 11.4. The van der Waals surface area contributed by atoms with Gasteiger partial charge >= 0.3 is 5.97 Å². The third-order valence-electron chi connectivity index (χ3n) is 2.63. The number of rotatable bonds is 4. The molecule has 1 saturated heterocycles. The van der Waals surface area contributed by atoms with E-state index in [9.17, 15) is 4.79 Å². The predicted molar refractivity (Wildman–Crippen MR) is 58.6 cm³/mol. The lowest BCUT2D eigenvalue weighted by atomic mass is 10.1. The maximum atomic E-state index is 11.5. The molecule has 1 aliphatic heterocycles. The first-order valence-corrected chi connectivity index (χ1v) is 5.29. The van der Waals surface area contributed by atoms with E-state index in [0.29, 0.717) is 13.0 Å². The van der Waals surface area contributed by atoms with Gasteiger partial charge in [0.15, 0.2) is 0 Å². The molecule has 1 aliphatic rings. The van der Waals surface area contributed by atoms with Crippen LogP contribution in [0.25, 0.3) is 0 Å². The monoisotopic (exact) mass is 221 g/mol. The summed E-state index contributed by atoms with van der Waals surface area (Å²) in [4.78, 5) is 11.5. The first kappa shape index (κ1) is 11.1. The Labute approximate surface area is 94.6 Å². The first-order valence-electron chi connectivity index (χ1n) is 5.29. The summed E-state index contributed by atoms with van der Waals surface area (Å²) < 4.78 is 10.2. The summed E-state index contributed by atoms with van der Waals surface area (Å²) in [6.45, 7) is 0.329. The van der Waals surface area contributed by atoms with Crippen molar-refractivity contribution in [3.05, 3.63) is 35.9 Å². The third kappa shape index (κ3) is 2.59. The summed E-state index contributed by atoms with van der Waals surface area (Å²) in [5.41, 5.74) is 0.999. The van der Waals surface area contributed by atoms with Crippen LogP contribution in [0.4, 0.5) is 0 Å². The molecule has 4 nitrogen and oxygen atoms in total. The van der Waals surface area contributed by atoms with Crippen molar-refractivity contribution in [2.24, 2.45) is 0 Å². The standard InChI is InChI=1S/C12H15NO3/c1-15-11-7-10(13-11)12(14)16-8-9-5-3-2-4-6-9/h2-6,10-11,13H,7-8H2,1H3. The highest BCUT2D eigenvalue weighted by molar-refractivity contribution is 5.76. The van der Waals surface area contributed by atoms with E-state index in [1.54, 1.807) is 7.11 Å². The zero-order valence-corrected chi connectivity index (χ0v) is 9.18. The van der Waals surface area contributed by atoms with Crippen molar-refractivity contribution in [1.29, 1.82) is 0 Å². The highest BCUT2D eigenvalue weighted by atomic mass is 16.5. The lowest BCUT2D eigenvalue weighted by Crippen LogP contribution is -2.57. The molecule has 16 heavy (non-hydrogen) atoms. The Morgan fingerprint density at radius 1 is 1.44 bits per heavy atom. The smallest absolute Gasteiger partial charge is 0.323 e. The van der Waals surface area contributed by atoms with E-state index in [4.69, 9.17) is 9.47 Å². The van der Waals surface area contributed by atoms with Crippen LogP contribution >= 0.6 is 0 Å². The van der Waals surface area contributed by atoms with Crippen LogP contribution in [0.15, 0.2) is 30.3 Å². The van der Waals surface area contributed by atoms with Gasteiger partial charge in [-0.15, -0.1) is 0 Å². The molecule has 0 radical (unpaired) electrons. The maximum absolute atomic E-state index is 11.5. The summed E-state index contributed by atoms with van der Waals surface area (Å²) >= 11 is 0. The minimum absolute atomic E-state index is 0.00530. The minimum atomic E-state index is -0.214. The van der Waals surface area contributed by atoms with Gasteiger partial charge in [0, 0.05) is 13.5 Å². The largest absolute Gasteiger partial charge is 0.460 e. The van der Waals surface area contributed by atoms with Gasteiger partial charge in [-0.2, -0.15) is 0 Å². The van der Waals surface area contributed by atoms with Gasteiger partial charge in [-0.05, 0) is 5.56 Å². The van der Waals surface area contributed by atoms with E-state index < -0.39 is 0 Å². The SMILES string of the molecule is COC1CC(C(=O)OCc2ccccc2)N1. The van der Waals surface area contributed by atoms with Crippen molar-refractivity contribution < 1.29 is 14.3 Å². The third-order valence-corrected chi connectivity index (χ3v) is 2.63. The van der Waals surface area contributed by atoms with E-state index in [1.807, 2.05) is 30.3 Å². The Bertz CT molecular complexity index is 347. The summed E-state index contributed by atoms with van der Waals surface area (Å²) in [7, 11) is 1.61. The average molecular weight is 221 g/mol. The van der Waals surface area contributed by atoms with Crippen LogP contribution in [0.5, 0.6) is 0 Å².